The molecule has 2 heterocycles. The van der Waals surface area contributed by atoms with Gasteiger partial charge in [0.2, 0.25) is 15.9 Å². The van der Waals surface area contributed by atoms with Crippen molar-refractivity contribution in [3.63, 3.8) is 0 Å². The number of Topliss-reactive ketones (excluding diaryl/α,β-unsaturated/α-hetero) is 1. The zero-order valence-corrected chi connectivity index (χ0v) is 21.9. The predicted molar refractivity (Wildman–Crippen MR) is 131 cm³/mol. The molecule has 2 saturated heterocycles. The zero-order chi connectivity index (χ0) is 24.1. The molecule has 0 bridgehead atoms. The molecule has 3 fully saturated rings. The van der Waals surface area contributed by atoms with Crippen LogP contribution in [-0.2, 0) is 19.6 Å². The van der Waals surface area contributed by atoms with Gasteiger partial charge in [-0.25, -0.2) is 8.42 Å². The van der Waals surface area contributed by atoms with Crippen LogP contribution in [0.5, 0.6) is 0 Å². The third kappa shape index (κ3) is 8.75. The Morgan fingerprint density at radius 2 is 1.47 bits per heavy atom. The van der Waals surface area contributed by atoms with Gasteiger partial charge in [-0.15, -0.1) is 0 Å². The van der Waals surface area contributed by atoms with Gasteiger partial charge in [0.25, 0.3) is 0 Å². The Morgan fingerprint density at radius 1 is 0.938 bits per heavy atom. The van der Waals surface area contributed by atoms with Crippen molar-refractivity contribution in [2.45, 2.75) is 91.2 Å². The average Bonchev–Trinajstić information content (AvgIpc) is 2.85. The molecule has 0 radical (unpaired) electrons. The fraction of sp³-hybridized carbons (Fsp3) is 0.917. The first-order chi connectivity index (χ1) is 15.3. The van der Waals surface area contributed by atoms with Gasteiger partial charge in [0.15, 0.2) is 0 Å². The summed E-state index contributed by atoms with van der Waals surface area (Å²) in [6.45, 7) is 13.4. The molecule has 8 heteroatoms. The SMILES string of the molecule is CC.CC(=O)N1CCC(S(=O)(=O)N2CCNCC2)CC1.CCC(C)C(=O)C1CCCCC1. The quantitative estimate of drug-likeness (QED) is 0.661. The van der Waals surface area contributed by atoms with Crippen molar-refractivity contribution in [3.05, 3.63) is 0 Å². The van der Waals surface area contributed by atoms with Crippen molar-refractivity contribution in [3.8, 4) is 0 Å². The number of nitrogens with one attached hydrogen (secondary N) is 1. The van der Waals surface area contributed by atoms with Crippen LogP contribution in [0.15, 0.2) is 0 Å². The summed E-state index contributed by atoms with van der Waals surface area (Å²) in [7, 11) is -3.18. The fourth-order valence-corrected chi connectivity index (χ4v) is 6.49. The molecule has 7 nitrogen and oxygen atoms in total. The lowest BCUT2D eigenvalue weighted by atomic mass is 9.81. The Morgan fingerprint density at radius 3 is 1.94 bits per heavy atom. The van der Waals surface area contributed by atoms with Crippen LogP contribution in [0.4, 0.5) is 0 Å². The van der Waals surface area contributed by atoms with E-state index in [0.29, 0.717) is 56.6 Å². The highest BCUT2D eigenvalue weighted by Gasteiger charge is 2.35. The molecule has 1 unspecified atom stereocenters. The van der Waals surface area contributed by atoms with Crippen molar-refractivity contribution >= 4 is 21.7 Å². The molecule has 0 aromatic rings. The number of rotatable bonds is 5. The number of likely N-dealkylation sites (tertiary alicyclic amines) is 1. The monoisotopic (exact) mass is 473 g/mol. The largest absolute Gasteiger partial charge is 0.343 e. The van der Waals surface area contributed by atoms with E-state index in [4.69, 9.17) is 0 Å². The lowest BCUT2D eigenvalue weighted by Gasteiger charge is -2.35. The summed E-state index contributed by atoms with van der Waals surface area (Å²) in [4.78, 5) is 24.7. The summed E-state index contributed by atoms with van der Waals surface area (Å²) in [6, 6.07) is 0. The molecule has 1 atom stereocenters. The van der Waals surface area contributed by atoms with Gasteiger partial charge >= 0.3 is 0 Å². The van der Waals surface area contributed by atoms with Gasteiger partial charge in [0, 0.05) is 58.0 Å². The Bertz CT molecular complexity index is 648. The number of piperazine rings is 1. The average molecular weight is 474 g/mol. The first-order valence-corrected chi connectivity index (χ1v) is 14.3. The van der Waals surface area contributed by atoms with Crippen LogP contribution in [0, 0.1) is 11.8 Å². The summed E-state index contributed by atoms with van der Waals surface area (Å²) in [5.41, 5.74) is 0. The van der Waals surface area contributed by atoms with E-state index < -0.39 is 10.0 Å². The fourth-order valence-electron chi connectivity index (χ4n) is 4.57. The second-order valence-electron chi connectivity index (χ2n) is 8.95. The van der Waals surface area contributed by atoms with Crippen molar-refractivity contribution in [2.75, 3.05) is 39.3 Å². The Balaban J connectivity index is 0.000000318. The number of hydrogen-bond donors (Lipinski definition) is 1. The highest BCUT2D eigenvalue weighted by atomic mass is 32.2. The van der Waals surface area contributed by atoms with Gasteiger partial charge in [-0.05, 0) is 32.1 Å². The van der Waals surface area contributed by atoms with E-state index >= 15 is 0 Å². The summed E-state index contributed by atoms with van der Waals surface area (Å²) in [5.74, 6) is 1.27. The molecule has 32 heavy (non-hydrogen) atoms. The van der Waals surface area contributed by atoms with Gasteiger partial charge in [-0.1, -0.05) is 47.0 Å². The van der Waals surface area contributed by atoms with E-state index in [-0.39, 0.29) is 11.2 Å². The summed E-state index contributed by atoms with van der Waals surface area (Å²) in [5, 5.41) is 2.84. The number of carbonyl (C=O) groups excluding carboxylic acids is 2. The van der Waals surface area contributed by atoms with Gasteiger partial charge < -0.3 is 10.2 Å². The maximum absolute atomic E-state index is 12.4. The highest BCUT2D eigenvalue weighted by Crippen LogP contribution is 2.27. The van der Waals surface area contributed by atoms with Gasteiger partial charge in [0.1, 0.15) is 5.78 Å². The normalized spacial score (nSPS) is 22.1. The van der Waals surface area contributed by atoms with Crippen molar-refractivity contribution in [1.29, 1.82) is 0 Å². The number of nitrogens with zero attached hydrogens (tertiary/aromatic N) is 2. The number of hydrogen-bond acceptors (Lipinski definition) is 5. The van der Waals surface area contributed by atoms with E-state index in [9.17, 15) is 18.0 Å². The molecule has 1 aliphatic carbocycles. The molecular weight excluding hydrogens is 426 g/mol. The minimum Gasteiger partial charge on any atom is -0.343 e. The molecule has 3 rings (SSSR count). The third-order valence-electron chi connectivity index (χ3n) is 6.85. The molecule has 1 saturated carbocycles. The minimum absolute atomic E-state index is 0.0352. The van der Waals surface area contributed by atoms with Crippen LogP contribution in [0.1, 0.15) is 86.0 Å². The summed E-state index contributed by atoms with van der Waals surface area (Å²) < 4.78 is 26.4. The molecule has 188 valence electrons. The first kappa shape index (κ1) is 29.0. The minimum atomic E-state index is -3.18. The molecule has 0 spiro atoms. The van der Waals surface area contributed by atoms with Crippen LogP contribution >= 0.6 is 0 Å². The van der Waals surface area contributed by atoms with Crippen molar-refractivity contribution < 1.29 is 18.0 Å². The molecule has 0 aromatic carbocycles. The lowest BCUT2D eigenvalue weighted by Crippen LogP contribution is -2.51. The van der Waals surface area contributed by atoms with Crippen LogP contribution in [0.2, 0.25) is 0 Å². The van der Waals surface area contributed by atoms with Gasteiger partial charge in [0.05, 0.1) is 5.25 Å². The van der Waals surface area contributed by atoms with Crippen LogP contribution in [0.3, 0.4) is 0 Å². The Kier molecular flexibility index (Phi) is 13.6. The molecule has 0 aromatic heterocycles. The van der Waals surface area contributed by atoms with E-state index in [1.165, 1.54) is 26.2 Å². The standard InChI is InChI=1S/C11H21N3O3S.C11H20O.C2H6/c1-10(15)13-6-2-11(3-7-13)18(16,17)14-8-4-12-5-9-14;1-3-9(2)11(12)10-7-5-4-6-8-10;1-2/h11-12H,2-9H2,1H3;9-10H,3-8H2,1-2H3;1-2H3. The molecule has 3 aliphatic rings. The Labute approximate surface area is 196 Å². The van der Waals surface area contributed by atoms with Gasteiger partial charge in [-0.3, -0.25) is 9.59 Å². The zero-order valence-electron chi connectivity index (χ0n) is 21.1. The molecule has 1 N–H and O–H groups in total. The Hall–Kier alpha value is -0.990. The van der Waals surface area contributed by atoms with Crippen molar-refractivity contribution in [1.82, 2.24) is 14.5 Å². The van der Waals surface area contributed by atoms with Crippen molar-refractivity contribution in [2.24, 2.45) is 11.8 Å². The van der Waals surface area contributed by atoms with E-state index in [1.807, 2.05) is 13.8 Å². The van der Waals surface area contributed by atoms with Crippen LogP contribution < -0.4 is 5.32 Å². The number of carbonyl (C=O) groups is 2. The lowest BCUT2D eigenvalue weighted by molar-refractivity contribution is -0.129. The second kappa shape index (κ2) is 15.0. The molecular formula is C24H47N3O4S. The predicted octanol–water partition coefficient (Wildman–Crippen LogP) is 3.44. The summed E-state index contributed by atoms with van der Waals surface area (Å²) in [6.07, 6.45) is 8.32. The number of sulfonamides is 1. The maximum atomic E-state index is 12.4. The smallest absolute Gasteiger partial charge is 0.219 e. The number of piperidine rings is 1. The first-order valence-electron chi connectivity index (χ1n) is 12.8. The third-order valence-corrected chi connectivity index (χ3v) is 9.25. The van der Waals surface area contributed by atoms with E-state index in [0.717, 1.165) is 32.4 Å². The number of ketones is 1. The number of amides is 1. The summed E-state index contributed by atoms with van der Waals surface area (Å²) >= 11 is 0. The maximum Gasteiger partial charge on any atom is 0.219 e. The topological polar surface area (TPSA) is 86.8 Å². The van der Waals surface area contributed by atoms with Gasteiger partial charge in [-0.2, -0.15) is 4.31 Å². The van der Waals surface area contributed by atoms with E-state index in [2.05, 4.69) is 19.2 Å². The second-order valence-corrected chi connectivity index (χ2v) is 11.2. The highest BCUT2D eigenvalue weighted by molar-refractivity contribution is 7.89. The molecule has 1 amide bonds. The molecule has 2 aliphatic heterocycles. The van der Waals surface area contributed by atoms with Crippen LogP contribution in [0.25, 0.3) is 0 Å². The van der Waals surface area contributed by atoms with E-state index in [1.54, 1.807) is 9.21 Å². The van der Waals surface area contributed by atoms with Crippen LogP contribution in [-0.4, -0.2) is 73.8 Å².